The van der Waals surface area contributed by atoms with Crippen LogP contribution in [0, 0.1) is 0 Å². The molecule has 1 saturated heterocycles. The Morgan fingerprint density at radius 2 is 2.00 bits per heavy atom. The van der Waals surface area contributed by atoms with Crippen molar-refractivity contribution in [1.82, 2.24) is 5.32 Å². The summed E-state index contributed by atoms with van der Waals surface area (Å²) < 4.78 is 0.699. The number of amides is 1. The van der Waals surface area contributed by atoms with Gasteiger partial charge in [-0.2, -0.15) is 0 Å². The predicted molar refractivity (Wildman–Crippen MR) is 78.4 cm³/mol. The zero-order valence-corrected chi connectivity index (χ0v) is 12.7. The van der Waals surface area contributed by atoms with Gasteiger partial charge in [-0.15, -0.1) is 0 Å². The Labute approximate surface area is 124 Å². The molecule has 18 heavy (non-hydrogen) atoms. The van der Waals surface area contributed by atoms with E-state index in [0.717, 1.165) is 24.2 Å². The van der Waals surface area contributed by atoms with Crippen LogP contribution >= 0.6 is 39.1 Å². The summed E-state index contributed by atoms with van der Waals surface area (Å²) in [6.07, 6.45) is 0. The number of nitrogens with one attached hydrogen (secondary N) is 2. The highest BCUT2D eigenvalue weighted by Crippen LogP contribution is 2.36. The largest absolute Gasteiger partial charge is 0.321 e. The van der Waals surface area contributed by atoms with Crippen molar-refractivity contribution in [2.75, 3.05) is 18.4 Å². The van der Waals surface area contributed by atoms with Crippen LogP contribution in [0.5, 0.6) is 0 Å². The molecule has 0 radical (unpaired) electrons. The van der Waals surface area contributed by atoms with Crippen LogP contribution in [0.4, 0.5) is 5.69 Å². The highest BCUT2D eigenvalue weighted by molar-refractivity contribution is 9.10. The number of benzene rings is 1. The van der Waals surface area contributed by atoms with Crippen molar-refractivity contribution in [2.24, 2.45) is 0 Å². The average molecular weight is 350 g/mol. The molecule has 1 aliphatic heterocycles. The smallest absolute Gasteiger partial charge is 0.251 e. The molecular formula is C12H11BrCl2N2O. The average Bonchev–Trinajstić information content (AvgIpc) is 2.27. The highest BCUT2D eigenvalue weighted by atomic mass is 79.9. The van der Waals surface area contributed by atoms with Gasteiger partial charge in [-0.05, 0) is 40.6 Å². The molecule has 0 aliphatic carbocycles. The van der Waals surface area contributed by atoms with Gasteiger partial charge in [0.2, 0.25) is 0 Å². The second-order valence-corrected chi connectivity index (χ2v) is 5.62. The van der Waals surface area contributed by atoms with Crippen molar-refractivity contribution in [3.8, 4) is 0 Å². The van der Waals surface area contributed by atoms with Crippen LogP contribution < -0.4 is 10.6 Å². The summed E-state index contributed by atoms with van der Waals surface area (Å²) >= 11 is 15.3. The molecule has 6 heteroatoms. The molecule has 2 N–H and O–H groups in total. The summed E-state index contributed by atoms with van der Waals surface area (Å²) in [5.74, 6) is -0.146. The van der Waals surface area contributed by atoms with E-state index in [2.05, 4.69) is 26.6 Å². The van der Waals surface area contributed by atoms with Gasteiger partial charge in [-0.25, -0.2) is 0 Å². The first-order chi connectivity index (χ1) is 8.50. The van der Waals surface area contributed by atoms with Gasteiger partial charge in [0.15, 0.2) is 0 Å². The number of hydrogen-bond acceptors (Lipinski definition) is 2. The molecule has 96 valence electrons. The van der Waals surface area contributed by atoms with Crippen LogP contribution in [-0.2, 0) is 4.79 Å². The molecule has 1 fully saturated rings. The van der Waals surface area contributed by atoms with Crippen molar-refractivity contribution in [3.05, 3.63) is 37.8 Å². The van der Waals surface area contributed by atoms with Crippen LogP contribution in [0.1, 0.15) is 6.92 Å². The van der Waals surface area contributed by atoms with Crippen LogP contribution in [0.3, 0.4) is 0 Å². The van der Waals surface area contributed by atoms with Crippen LogP contribution in [0.15, 0.2) is 27.8 Å². The summed E-state index contributed by atoms with van der Waals surface area (Å²) in [4.78, 5) is 12.0. The summed E-state index contributed by atoms with van der Waals surface area (Å²) in [5.41, 5.74) is 2.36. The van der Waals surface area contributed by atoms with Gasteiger partial charge in [-0.3, -0.25) is 4.79 Å². The Morgan fingerprint density at radius 1 is 1.33 bits per heavy atom. The van der Waals surface area contributed by atoms with Gasteiger partial charge >= 0.3 is 0 Å². The summed E-state index contributed by atoms with van der Waals surface area (Å²) in [7, 11) is 0. The first-order valence-corrected chi connectivity index (χ1v) is 6.89. The third-order valence-electron chi connectivity index (χ3n) is 2.83. The van der Waals surface area contributed by atoms with Gasteiger partial charge in [0.05, 0.1) is 15.7 Å². The normalized spacial score (nSPS) is 14.1. The molecule has 2 rings (SSSR count). The lowest BCUT2D eigenvalue weighted by molar-refractivity contribution is -0.112. The molecule has 0 saturated carbocycles. The molecule has 1 aromatic carbocycles. The molecule has 0 aromatic heterocycles. The van der Waals surface area contributed by atoms with Crippen molar-refractivity contribution >= 4 is 50.7 Å². The summed E-state index contributed by atoms with van der Waals surface area (Å²) in [6, 6.07) is 3.46. The number of halogens is 3. The molecule has 1 aromatic rings. The van der Waals surface area contributed by atoms with E-state index < -0.39 is 0 Å². The molecule has 1 heterocycles. The van der Waals surface area contributed by atoms with Crippen molar-refractivity contribution in [2.45, 2.75) is 6.92 Å². The minimum atomic E-state index is -0.146. The van der Waals surface area contributed by atoms with E-state index in [1.165, 1.54) is 0 Å². The molecular weight excluding hydrogens is 339 g/mol. The van der Waals surface area contributed by atoms with Gasteiger partial charge in [0, 0.05) is 23.1 Å². The standard InChI is InChI=1S/C12H11BrCl2N2O/c1-6(7-4-16-5-7)12(18)17-9-3-2-8(13)10(14)11(9)15/h2-3,16H,4-5H2,1H3,(H,17,18). The summed E-state index contributed by atoms with van der Waals surface area (Å²) in [5, 5.41) is 6.59. The molecule has 1 amide bonds. The maximum atomic E-state index is 12.0. The Hall–Kier alpha value is -0.550. The summed E-state index contributed by atoms with van der Waals surface area (Å²) in [6.45, 7) is 3.35. The maximum absolute atomic E-state index is 12.0. The zero-order valence-electron chi connectivity index (χ0n) is 9.61. The van der Waals surface area contributed by atoms with E-state index in [-0.39, 0.29) is 5.91 Å². The van der Waals surface area contributed by atoms with E-state index in [4.69, 9.17) is 23.2 Å². The van der Waals surface area contributed by atoms with E-state index in [0.29, 0.717) is 20.2 Å². The fourth-order valence-corrected chi connectivity index (χ4v) is 2.34. The number of carbonyl (C=O) groups excluding carboxylic acids is 1. The monoisotopic (exact) mass is 348 g/mol. The SMILES string of the molecule is CC(C(=O)Nc1ccc(Br)c(Cl)c1Cl)=C1CNC1. The minimum absolute atomic E-state index is 0.146. The zero-order chi connectivity index (χ0) is 13.3. The quantitative estimate of drug-likeness (QED) is 0.632. The lowest BCUT2D eigenvalue weighted by atomic mass is 10.0. The van der Waals surface area contributed by atoms with E-state index in [1.54, 1.807) is 19.1 Å². The van der Waals surface area contributed by atoms with Crippen LogP contribution in [-0.4, -0.2) is 19.0 Å². The highest BCUT2D eigenvalue weighted by Gasteiger charge is 2.17. The Bertz CT molecular complexity index is 537. The topological polar surface area (TPSA) is 41.1 Å². The molecule has 0 atom stereocenters. The van der Waals surface area contributed by atoms with Crippen molar-refractivity contribution in [1.29, 1.82) is 0 Å². The molecule has 3 nitrogen and oxygen atoms in total. The van der Waals surface area contributed by atoms with E-state index in [9.17, 15) is 4.79 Å². The fraction of sp³-hybridized carbons (Fsp3) is 0.250. The maximum Gasteiger partial charge on any atom is 0.251 e. The third-order valence-corrected chi connectivity index (χ3v) is 4.60. The van der Waals surface area contributed by atoms with Gasteiger partial charge in [0.25, 0.3) is 5.91 Å². The van der Waals surface area contributed by atoms with Gasteiger partial charge in [-0.1, -0.05) is 23.2 Å². The third kappa shape index (κ3) is 2.72. The Kier molecular flexibility index (Phi) is 4.33. The Morgan fingerprint density at radius 3 is 2.56 bits per heavy atom. The lowest BCUT2D eigenvalue weighted by Gasteiger charge is -2.21. The van der Waals surface area contributed by atoms with Gasteiger partial charge < -0.3 is 10.6 Å². The van der Waals surface area contributed by atoms with Crippen molar-refractivity contribution in [3.63, 3.8) is 0 Å². The Balaban J connectivity index is 2.20. The van der Waals surface area contributed by atoms with E-state index >= 15 is 0 Å². The fourth-order valence-electron chi connectivity index (χ4n) is 1.51. The van der Waals surface area contributed by atoms with E-state index in [1.807, 2.05) is 0 Å². The second-order valence-electron chi connectivity index (χ2n) is 4.01. The molecule has 0 bridgehead atoms. The number of anilines is 1. The molecule has 0 unspecified atom stereocenters. The van der Waals surface area contributed by atoms with Crippen LogP contribution in [0.25, 0.3) is 0 Å². The first kappa shape index (κ1) is 13.9. The van der Waals surface area contributed by atoms with Crippen LogP contribution in [0.2, 0.25) is 10.0 Å². The minimum Gasteiger partial charge on any atom is -0.321 e. The van der Waals surface area contributed by atoms with Gasteiger partial charge in [0.1, 0.15) is 0 Å². The number of carbonyl (C=O) groups is 1. The number of rotatable bonds is 2. The molecule has 1 aliphatic rings. The first-order valence-electron chi connectivity index (χ1n) is 5.35. The second kappa shape index (κ2) is 5.61. The lowest BCUT2D eigenvalue weighted by Crippen LogP contribution is -2.36. The van der Waals surface area contributed by atoms with Crippen molar-refractivity contribution < 1.29 is 4.79 Å². The number of hydrogen-bond donors (Lipinski definition) is 2. The molecule has 0 spiro atoms. The predicted octanol–water partition coefficient (Wildman–Crippen LogP) is 3.61.